The van der Waals surface area contributed by atoms with E-state index in [-0.39, 0.29) is 0 Å². The van der Waals surface area contributed by atoms with Crippen LogP contribution in [0.25, 0.3) is 0 Å². The molecule has 0 radical (unpaired) electrons. The van der Waals surface area contributed by atoms with Gasteiger partial charge in [-0.15, -0.1) is 0 Å². The van der Waals surface area contributed by atoms with Crippen molar-refractivity contribution in [1.82, 2.24) is 0 Å². The van der Waals surface area contributed by atoms with Gasteiger partial charge in [-0.05, 0) is 0 Å². The van der Waals surface area contributed by atoms with Crippen LogP contribution in [0.4, 0.5) is 9.59 Å². The number of rotatable bonds is 4. The van der Waals surface area contributed by atoms with E-state index in [9.17, 15) is 9.59 Å². The van der Waals surface area contributed by atoms with Gasteiger partial charge in [0, 0.05) is 0 Å². The summed E-state index contributed by atoms with van der Waals surface area (Å²) in [5.41, 5.74) is 0. The summed E-state index contributed by atoms with van der Waals surface area (Å²) in [5.74, 6) is 0. The van der Waals surface area contributed by atoms with Gasteiger partial charge in [-0.1, -0.05) is 0 Å². The molecule has 0 amide bonds. The van der Waals surface area contributed by atoms with Crippen molar-refractivity contribution in [2.24, 2.45) is 0 Å². The maximum Gasteiger partial charge on any atom is 0.506 e. The Labute approximate surface area is 67.1 Å². The van der Waals surface area contributed by atoms with Crippen molar-refractivity contribution in [3.05, 3.63) is 0 Å². The highest BCUT2D eigenvalue weighted by Crippen LogP contribution is 1.93. The van der Waals surface area contributed by atoms with E-state index in [1.54, 1.807) is 0 Å². The molecule has 0 saturated heterocycles. The van der Waals surface area contributed by atoms with Gasteiger partial charge in [0.1, 0.15) is 6.61 Å². The minimum Gasteiger partial charge on any atom is -0.450 e. The Kier molecular flexibility index (Phi) is 4.54. The van der Waals surface area contributed by atoms with Gasteiger partial charge < -0.3 is 24.8 Å². The summed E-state index contributed by atoms with van der Waals surface area (Å²) in [6.07, 6.45) is -4.32. The van der Waals surface area contributed by atoms with Crippen LogP contribution in [0.3, 0.4) is 0 Å². The van der Waals surface area contributed by atoms with E-state index < -0.39 is 31.6 Å². The predicted molar refractivity (Wildman–Crippen MR) is 34.0 cm³/mol. The highest BCUT2D eigenvalue weighted by Gasteiger charge is 2.14. The van der Waals surface area contributed by atoms with E-state index in [0.29, 0.717) is 0 Å². The van der Waals surface area contributed by atoms with Crippen molar-refractivity contribution in [2.45, 2.75) is 6.10 Å². The molecule has 0 aromatic rings. The fraction of sp³-hybridized carbons (Fsp3) is 0.600. The Bertz CT molecular complexity index is 165. The van der Waals surface area contributed by atoms with E-state index in [1.807, 2.05) is 0 Å². The molecule has 0 aromatic carbocycles. The number of carbonyl (C=O) groups is 2. The second-order valence-electron chi connectivity index (χ2n) is 1.77. The second-order valence-corrected chi connectivity index (χ2v) is 1.77. The molecule has 0 fully saturated rings. The molecule has 0 heterocycles. The minimum absolute atomic E-state index is 0.516. The molecule has 1 unspecified atom stereocenters. The van der Waals surface area contributed by atoms with Crippen LogP contribution in [0.1, 0.15) is 0 Å². The maximum atomic E-state index is 9.88. The van der Waals surface area contributed by atoms with Crippen LogP contribution in [-0.2, 0) is 9.47 Å². The van der Waals surface area contributed by atoms with Gasteiger partial charge in [0.2, 0.25) is 0 Å². The molecule has 0 rings (SSSR count). The molecule has 7 heteroatoms. The molecule has 0 aliphatic heterocycles. The quantitative estimate of drug-likeness (QED) is 0.510. The lowest BCUT2D eigenvalue weighted by Gasteiger charge is -2.11. The largest absolute Gasteiger partial charge is 0.506 e. The first-order valence-electron chi connectivity index (χ1n) is 2.92. The van der Waals surface area contributed by atoms with Crippen LogP contribution < -0.4 is 0 Å². The summed E-state index contributed by atoms with van der Waals surface area (Å²) in [6.45, 7) is -1.14. The average Bonchev–Trinajstić information content (AvgIpc) is 1.97. The molecule has 12 heavy (non-hydrogen) atoms. The first-order chi connectivity index (χ1) is 5.56. The minimum atomic E-state index is -1.59. The third-order valence-corrected chi connectivity index (χ3v) is 0.864. The van der Waals surface area contributed by atoms with Crippen molar-refractivity contribution >= 4 is 12.3 Å². The van der Waals surface area contributed by atoms with Crippen molar-refractivity contribution in [3.8, 4) is 0 Å². The Balaban J connectivity index is 3.67. The maximum absolute atomic E-state index is 9.88. The zero-order valence-electron chi connectivity index (χ0n) is 5.97. The fourth-order valence-corrected chi connectivity index (χ4v) is 0.431. The van der Waals surface area contributed by atoms with E-state index in [1.165, 1.54) is 0 Å². The van der Waals surface area contributed by atoms with Crippen molar-refractivity contribution in [1.29, 1.82) is 0 Å². The topological polar surface area (TPSA) is 113 Å². The first kappa shape index (κ1) is 10.5. The molecule has 0 aromatic heterocycles. The molecule has 7 nitrogen and oxygen atoms in total. The van der Waals surface area contributed by atoms with Crippen LogP contribution in [0.2, 0.25) is 0 Å². The summed E-state index contributed by atoms with van der Waals surface area (Å²) in [7, 11) is 0. The molecule has 0 saturated carbocycles. The van der Waals surface area contributed by atoms with Gasteiger partial charge in [0.25, 0.3) is 0 Å². The number of hydrogen-bond donors (Lipinski definition) is 3. The van der Waals surface area contributed by atoms with Crippen LogP contribution in [0.5, 0.6) is 0 Å². The van der Waals surface area contributed by atoms with Crippen LogP contribution in [-0.4, -0.2) is 46.9 Å². The number of aliphatic hydroxyl groups excluding tert-OH is 1. The molecule has 0 aliphatic rings. The molecule has 0 spiro atoms. The van der Waals surface area contributed by atoms with Crippen LogP contribution >= 0.6 is 0 Å². The third kappa shape index (κ3) is 5.30. The molecule has 1 atom stereocenters. The van der Waals surface area contributed by atoms with E-state index in [2.05, 4.69) is 9.47 Å². The Morgan fingerprint density at radius 1 is 1.25 bits per heavy atom. The van der Waals surface area contributed by atoms with E-state index in [0.717, 1.165) is 0 Å². The normalized spacial score (nSPS) is 11.8. The van der Waals surface area contributed by atoms with E-state index in [4.69, 9.17) is 15.3 Å². The summed E-state index contributed by atoms with van der Waals surface area (Å²) in [5, 5.41) is 24.5. The van der Waals surface area contributed by atoms with Gasteiger partial charge in [-0.3, -0.25) is 0 Å². The summed E-state index contributed by atoms with van der Waals surface area (Å²) in [4.78, 5) is 19.7. The smallest absolute Gasteiger partial charge is 0.450 e. The number of carboxylic acid groups (broad SMARTS) is 2. The molecule has 70 valence electrons. The predicted octanol–water partition coefficient (Wildman–Crippen LogP) is -0.263. The van der Waals surface area contributed by atoms with Crippen molar-refractivity contribution in [2.75, 3.05) is 13.2 Å². The Morgan fingerprint density at radius 3 is 2.17 bits per heavy atom. The standard InChI is InChI=1S/C5H8O7/c6-1-3(12-5(9)10)2-11-4(7)8/h3,6H,1-2H2,(H,7,8)(H,9,10). The molecular weight excluding hydrogens is 172 g/mol. The highest BCUT2D eigenvalue weighted by molar-refractivity contribution is 5.58. The number of hydrogen-bond acceptors (Lipinski definition) is 5. The monoisotopic (exact) mass is 180 g/mol. The van der Waals surface area contributed by atoms with E-state index >= 15 is 0 Å². The fourth-order valence-electron chi connectivity index (χ4n) is 0.431. The molecule has 0 bridgehead atoms. The summed E-state index contributed by atoms with van der Waals surface area (Å²) >= 11 is 0. The van der Waals surface area contributed by atoms with Crippen molar-refractivity contribution in [3.63, 3.8) is 0 Å². The van der Waals surface area contributed by atoms with Gasteiger partial charge in [-0.25, -0.2) is 9.59 Å². The lowest BCUT2D eigenvalue weighted by atomic mass is 10.4. The molecule has 3 N–H and O–H groups in total. The van der Waals surface area contributed by atoms with Crippen LogP contribution in [0.15, 0.2) is 0 Å². The summed E-state index contributed by atoms with van der Waals surface area (Å²) in [6, 6.07) is 0. The van der Waals surface area contributed by atoms with Gasteiger partial charge >= 0.3 is 12.3 Å². The highest BCUT2D eigenvalue weighted by atomic mass is 16.7. The number of ether oxygens (including phenoxy) is 2. The Morgan fingerprint density at radius 2 is 1.83 bits per heavy atom. The first-order valence-corrected chi connectivity index (χ1v) is 2.92. The lowest BCUT2D eigenvalue weighted by molar-refractivity contribution is -0.0169. The Hall–Kier alpha value is -1.50. The van der Waals surface area contributed by atoms with Crippen LogP contribution in [0, 0.1) is 0 Å². The lowest BCUT2D eigenvalue weighted by Crippen LogP contribution is -2.27. The zero-order valence-corrected chi connectivity index (χ0v) is 5.97. The number of aliphatic hydroxyl groups is 1. The SMILES string of the molecule is O=C(O)OCC(CO)OC(=O)O. The summed E-state index contributed by atoms with van der Waals surface area (Å²) < 4.78 is 7.99. The van der Waals surface area contributed by atoms with Gasteiger partial charge in [0.15, 0.2) is 6.10 Å². The zero-order chi connectivity index (χ0) is 9.56. The molecular formula is C5H8O7. The second kappa shape index (κ2) is 5.19. The third-order valence-electron chi connectivity index (χ3n) is 0.864. The molecule has 0 aliphatic carbocycles. The average molecular weight is 180 g/mol. The van der Waals surface area contributed by atoms with Crippen molar-refractivity contribution < 1.29 is 34.4 Å². The van der Waals surface area contributed by atoms with Gasteiger partial charge in [-0.2, -0.15) is 0 Å². The van der Waals surface area contributed by atoms with Gasteiger partial charge in [0.05, 0.1) is 6.61 Å².